The highest BCUT2D eigenvalue weighted by atomic mass is 16.3. The van der Waals surface area contributed by atoms with Crippen LogP contribution in [0.4, 0.5) is 0 Å². The normalized spacial score (nSPS) is 29.1. The van der Waals surface area contributed by atoms with Crippen molar-refractivity contribution in [1.82, 2.24) is 9.88 Å². The summed E-state index contributed by atoms with van der Waals surface area (Å²) in [4.78, 5) is 7.65. The van der Waals surface area contributed by atoms with Crippen LogP contribution < -0.4 is 0 Å². The van der Waals surface area contributed by atoms with Gasteiger partial charge in [-0.1, -0.05) is 24.3 Å². The molecule has 3 aliphatic rings. The van der Waals surface area contributed by atoms with Gasteiger partial charge in [0.25, 0.3) is 0 Å². The summed E-state index contributed by atoms with van der Waals surface area (Å²) in [6.45, 7) is 1.12. The van der Waals surface area contributed by atoms with E-state index in [2.05, 4.69) is 54.4 Å². The quantitative estimate of drug-likeness (QED) is 0.665. The van der Waals surface area contributed by atoms with Crippen LogP contribution >= 0.6 is 0 Å². The van der Waals surface area contributed by atoms with Crippen LogP contribution in [0.1, 0.15) is 28.8 Å². The molecule has 0 unspecified atom stereocenters. The van der Waals surface area contributed by atoms with E-state index >= 15 is 0 Å². The molecule has 2 aliphatic carbocycles. The Labute approximate surface area is 159 Å². The minimum absolute atomic E-state index is 0.117. The monoisotopic (exact) mass is 356 g/mol. The van der Waals surface area contributed by atoms with Crippen molar-refractivity contribution in [2.45, 2.75) is 37.1 Å². The first-order valence-electron chi connectivity index (χ1n) is 10.0. The van der Waals surface area contributed by atoms with E-state index in [0.29, 0.717) is 17.7 Å². The topological polar surface area (TPSA) is 36.4 Å². The molecule has 2 aromatic carbocycles. The van der Waals surface area contributed by atoms with Gasteiger partial charge in [0.1, 0.15) is 5.75 Å². The first-order valence-corrected chi connectivity index (χ1v) is 10.0. The lowest BCUT2D eigenvalue weighted by Crippen LogP contribution is -2.61. The fourth-order valence-corrected chi connectivity index (χ4v) is 6.18. The Morgan fingerprint density at radius 3 is 2.89 bits per heavy atom. The standard InChI is InChI=1S/C24H24N2O/c1-26-9-8-24-14-22-17(10-16-4-2-3-5-21(16)25-22)11-20(24)23(26)12-15-6-7-18(27)13-19(15)24/h2-7,10,13,20,23,27H,8-9,11-12,14H2,1H3/t20-,23+,24+/m0/s1. The smallest absolute Gasteiger partial charge is 0.115 e. The number of hydrogen-bond donors (Lipinski definition) is 1. The molecule has 3 atom stereocenters. The zero-order valence-electron chi connectivity index (χ0n) is 15.7. The van der Waals surface area contributed by atoms with Gasteiger partial charge in [0.15, 0.2) is 0 Å². The Morgan fingerprint density at radius 2 is 1.96 bits per heavy atom. The van der Waals surface area contributed by atoms with E-state index in [4.69, 9.17) is 4.98 Å². The van der Waals surface area contributed by atoms with E-state index in [-0.39, 0.29) is 5.41 Å². The first-order chi connectivity index (χ1) is 13.1. The zero-order valence-corrected chi connectivity index (χ0v) is 15.7. The number of para-hydroxylation sites is 1. The number of likely N-dealkylation sites (N-methyl/N-ethyl adjacent to an activating group) is 1. The average Bonchev–Trinajstić information content (AvgIpc) is 2.68. The molecule has 1 N–H and O–H groups in total. The number of hydrogen-bond acceptors (Lipinski definition) is 3. The first kappa shape index (κ1) is 15.6. The van der Waals surface area contributed by atoms with Gasteiger partial charge < -0.3 is 10.0 Å². The molecule has 0 radical (unpaired) electrons. The van der Waals surface area contributed by atoms with Crippen molar-refractivity contribution in [2.24, 2.45) is 5.92 Å². The molecular formula is C24H24N2O. The molecule has 3 aromatic rings. The van der Waals surface area contributed by atoms with E-state index in [9.17, 15) is 5.11 Å². The lowest BCUT2D eigenvalue weighted by molar-refractivity contribution is 0.0235. The molecule has 1 saturated heterocycles. The SMILES string of the molecule is CN1CC[C@]23Cc4nc5ccccc5cc4C[C@H]2[C@H]1Cc1ccc(O)cc13. The van der Waals surface area contributed by atoms with Gasteiger partial charge in [-0.15, -0.1) is 0 Å². The molecule has 2 bridgehead atoms. The van der Waals surface area contributed by atoms with Crippen molar-refractivity contribution >= 4 is 10.9 Å². The summed E-state index contributed by atoms with van der Waals surface area (Å²) in [7, 11) is 2.29. The number of rotatable bonds is 0. The second-order valence-electron chi connectivity index (χ2n) is 8.77. The highest BCUT2D eigenvalue weighted by molar-refractivity contribution is 5.79. The Morgan fingerprint density at radius 1 is 1.07 bits per heavy atom. The highest BCUT2D eigenvalue weighted by Crippen LogP contribution is 2.54. The molecule has 0 amide bonds. The molecule has 6 rings (SSSR count). The average molecular weight is 356 g/mol. The van der Waals surface area contributed by atoms with Crippen LogP contribution in [0.15, 0.2) is 48.5 Å². The molecule has 0 saturated carbocycles. The van der Waals surface area contributed by atoms with Crippen LogP contribution in [-0.2, 0) is 24.7 Å². The maximum absolute atomic E-state index is 10.2. The summed E-state index contributed by atoms with van der Waals surface area (Å²) in [5, 5.41) is 11.5. The molecule has 27 heavy (non-hydrogen) atoms. The lowest BCUT2D eigenvalue weighted by atomic mass is 9.52. The van der Waals surface area contributed by atoms with Gasteiger partial charge in [0.2, 0.25) is 0 Å². The Kier molecular flexibility index (Phi) is 3.09. The van der Waals surface area contributed by atoms with Crippen LogP contribution in [-0.4, -0.2) is 34.6 Å². The van der Waals surface area contributed by atoms with Gasteiger partial charge in [0.05, 0.1) is 5.52 Å². The third-order valence-corrected chi connectivity index (χ3v) is 7.53. The predicted octanol–water partition coefficient (Wildman–Crippen LogP) is 3.85. The molecule has 1 fully saturated rings. The van der Waals surface area contributed by atoms with Gasteiger partial charge in [-0.2, -0.15) is 0 Å². The minimum Gasteiger partial charge on any atom is -0.508 e. The molecular weight excluding hydrogens is 332 g/mol. The van der Waals surface area contributed by atoms with E-state index in [1.807, 2.05) is 6.07 Å². The Hall–Kier alpha value is -2.39. The second kappa shape index (κ2) is 5.32. The largest absolute Gasteiger partial charge is 0.508 e. The molecule has 136 valence electrons. The summed E-state index contributed by atoms with van der Waals surface area (Å²) in [5.74, 6) is 0.998. The van der Waals surface area contributed by atoms with Crippen LogP contribution in [0.5, 0.6) is 5.75 Å². The fourth-order valence-electron chi connectivity index (χ4n) is 6.18. The number of phenols is 1. The molecule has 3 nitrogen and oxygen atoms in total. The second-order valence-corrected chi connectivity index (χ2v) is 8.77. The maximum Gasteiger partial charge on any atom is 0.115 e. The van der Waals surface area contributed by atoms with E-state index in [1.54, 1.807) is 0 Å². The number of nitrogens with zero attached hydrogens (tertiary/aromatic N) is 2. The van der Waals surface area contributed by atoms with E-state index in [0.717, 1.165) is 37.7 Å². The molecule has 0 spiro atoms. The van der Waals surface area contributed by atoms with Crippen molar-refractivity contribution in [1.29, 1.82) is 0 Å². The summed E-state index contributed by atoms with van der Waals surface area (Å²) >= 11 is 0. The third kappa shape index (κ3) is 2.09. The highest BCUT2D eigenvalue weighted by Gasteiger charge is 2.54. The number of aromatic hydroxyl groups is 1. The number of pyridine rings is 1. The summed E-state index contributed by atoms with van der Waals surface area (Å²) < 4.78 is 0. The van der Waals surface area contributed by atoms with Gasteiger partial charge in [-0.25, -0.2) is 0 Å². The number of phenolic OH excluding ortho intramolecular Hbond substituents is 1. The number of fused-ring (bicyclic) bond motifs is 3. The van der Waals surface area contributed by atoms with Gasteiger partial charge in [-0.3, -0.25) is 4.98 Å². The molecule has 1 aromatic heterocycles. The number of piperidine rings is 1. The van der Waals surface area contributed by atoms with Gasteiger partial charge >= 0.3 is 0 Å². The van der Waals surface area contributed by atoms with Gasteiger partial charge in [-0.05, 0) is 79.7 Å². The molecule has 2 heterocycles. The number of benzene rings is 2. The van der Waals surface area contributed by atoms with Crippen LogP contribution in [0.2, 0.25) is 0 Å². The fraction of sp³-hybridized carbons (Fsp3) is 0.375. The molecule has 1 aliphatic heterocycles. The van der Waals surface area contributed by atoms with E-state index < -0.39 is 0 Å². The van der Waals surface area contributed by atoms with Crippen molar-refractivity contribution in [3.63, 3.8) is 0 Å². The van der Waals surface area contributed by atoms with Gasteiger partial charge in [0, 0.05) is 29.0 Å². The summed E-state index contributed by atoms with van der Waals surface area (Å²) in [6.07, 6.45) is 4.33. The lowest BCUT2D eigenvalue weighted by Gasteiger charge is -2.58. The van der Waals surface area contributed by atoms with Crippen molar-refractivity contribution in [3.05, 3.63) is 70.9 Å². The van der Waals surface area contributed by atoms with Crippen molar-refractivity contribution in [2.75, 3.05) is 13.6 Å². The number of aromatic nitrogens is 1. The van der Waals surface area contributed by atoms with Crippen LogP contribution in [0.3, 0.4) is 0 Å². The van der Waals surface area contributed by atoms with Crippen molar-refractivity contribution < 1.29 is 5.11 Å². The molecule has 3 heteroatoms. The Bertz CT molecular complexity index is 1080. The number of likely N-dealkylation sites (tertiary alicyclic amines) is 1. The Balaban J connectivity index is 1.58. The summed E-state index contributed by atoms with van der Waals surface area (Å²) in [5.41, 5.74) is 6.72. The third-order valence-electron chi connectivity index (χ3n) is 7.53. The summed E-state index contributed by atoms with van der Waals surface area (Å²) in [6, 6.07) is 17.5. The zero-order chi connectivity index (χ0) is 18.2. The minimum atomic E-state index is 0.117. The van der Waals surface area contributed by atoms with Crippen LogP contribution in [0, 0.1) is 5.92 Å². The maximum atomic E-state index is 10.2. The van der Waals surface area contributed by atoms with Crippen LogP contribution in [0.25, 0.3) is 10.9 Å². The van der Waals surface area contributed by atoms with Crippen molar-refractivity contribution in [3.8, 4) is 5.75 Å². The predicted molar refractivity (Wildman–Crippen MR) is 107 cm³/mol. The van der Waals surface area contributed by atoms with E-state index in [1.165, 1.54) is 27.8 Å².